The molecule has 0 fully saturated rings. The van der Waals surface area contributed by atoms with E-state index in [2.05, 4.69) is 30.6 Å². The van der Waals surface area contributed by atoms with Crippen LogP contribution < -0.4 is 5.32 Å². The van der Waals surface area contributed by atoms with Crippen LogP contribution in [0, 0.1) is 0 Å². The minimum absolute atomic E-state index is 0.250. The number of carbonyl (C=O) groups excluding carboxylic acids is 1. The number of ether oxygens (including phenoxy) is 2. The molecular weight excluding hydrogens is 470 g/mol. The molecular formula is C19H21N7O5S2. The number of carbonyl (C=O) groups is 2. The Hall–Kier alpha value is -3.46. The van der Waals surface area contributed by atoms with Gasteiger partial charge in [-0.15, -0.1) is 22.7 Å². The lowest BCUT2D eigenvalue weighted by Gasteiger charge is -2.03. The van der Waals surface area contributed by atoms with Gasteiger partial charge in [-0.3, -0.25) is 19.4 Å². The molecule has 4 aromatic heterocycles. The second-order valence-corrected chi connectivity index (χ2v) is 7.93. The van der Waals surface area contributed by atoms with Crippen molar-refractivity contribution in [3.8, 4) is 21.3 Å². The number of hydrogen-bond acceptors (Lipinski definition) is 10. The summed E-state index contributed by atoms with van der Waals surface area (Å²) in [6.45, 7) is 1.83. The van der Waals surface area contributed by atoms with Crippen molar-refractivity contribution in [1.29, 1.82) is 0 Å². The third-order valence-electron chi connectivity index (χ3n) is 4.02. The van der Waals surface area contributed by atoms with Crippen LogP contribution in [0.3, 0.4) is 0 Å². The minimum atomic E-state index is -0.310. The third kappa shape index (κ3) is 6.76. The molecule has 0 saturated heterocycles. The van der Waals surface area contributed by atoms with Crippen LogP contribution in [0.15, 0.2) is 35.5 Å². The van der Waals surface area contributed by atoms with Crippen molar-refractivity contribution in [2.24, 2.45) is 0 Å². The van der Waals surface area contributed by atoms with Gasteiger partial charge in [0.15, 0.2) is 0 Å². The number of nitrogens with one attached hydrogen (secondary N) is 2. The highest BCUT2D eigenvalue weighted by Crippen LogP contribution is 2.29. The zero-order valence-electron chi connectivity index (χ0n) is 17.5. The van der Waals surface area contributed by atoms with E-state index in [0.717, 1.165) is 15.6 Å². The predicted molar refractivity (Wildman–Crippen MR) is 122 cm³/mol. The van der Waals surface area contributed by atoms with E-state index >= 15 is 0 Å². The van der Waals surface area contributed by atoms with Crippen LogP contribution in [0.5, 0.6) is 0 Å². The normalized spacial score (nSPS) is 10.5. The summed E-state index contributed by atoms with van der Waals surface area (Å²) in [6.07, 6.45) is 6.88. The van der Waals surface area contributed by atoms with Gasteiger partial charge in [-0.2, -0.15) is 10.2 Å². The fraction of sp³-hybridized carbons (Fsp3) is 0.263. The number of aromatic nitrogens is 6. The molecule has 12 nitrogen and oxygen atoms in total. The maximum Gasteiger partial charge on any atom is 0.290 e. The molecule has 0 bridgehead atoms. The first-order valence-corrected chi connectivity index (χ1v) is 11.3. The van der Waals surface area contributed by atoms with E-state index in [-0.39, 0.29) is 12.4 Å². The lowest BCUT2D eigenvalue weighted by atomic mass is 10.3. The SMILES string of the molecule is COCCOCCn1cc(NC(=O)c2csc(-c3cn[nH]c3)n2)c(-c2nccs2)n1.O=CO. The van der Waals surface area contributed by atoms with E-state index < -0.39 is 0 Å². The quantitative estimate of drug-likeness (QED) is 0.224. The van der Waals surface area contributed by atoms with Gasteiger partial charge in [0, 0.05) is 42.0 Å². The highest BCUT2D eigenvalue weighted by molar-refractivity contribution is 7.13. The van der Waals surface area contributed by atoms with Crippen molar-refractivity contribution in [3.63, 3.8) is 0 Å². The minimum Gasteiger partial charge on any atom is -0.483 e. The van der Waals surface area contributed by atoms with E-state index in [1.165, 1.54) is 22.7 Å². The molecule has 3 N–H and O–H groups in total. The van der Waals surface area contributed by atoms with Gasteiger partial charge >= 0.3 is 0 Å². The molecule has 0 aliphatic carbocycles. The Bertz CT molecular complexity index is 1130. The fourth-order valence-electron chi connectivity index (χ4n) is 2.59. The van der Waals surface area contributed by atoms with Crippen molar-refractivity contribution < 1.29 is 24.2 Å². The molecule has 0 unspecified atom stereocenters. The number of methoxy groups -OCH3 is 1. The summed E-state index contributed by atoms with van der Waals surface area (Å²) in [5.74, 6) is -0.310. The highest BCUT2D eigenvalue weighted by atomic mass is 32.1. The van der Waals surface area contributed by atoms with Gasteiger partial charge in [-0.25, -0.2) is 9.97 Å². The smallest absolute Gasteiger partial charge is 0.290 e. The molecule has 0 aromatic carbocycles. The van der Waals surface area contributed by atoms with Crippen LogP contribution in [-0.2, 0) is 20.8 Å². The molecule has 4 aromatic rings. The monoisotopic (exact) mass is 491 g/mol. The van der Waals surface area contributed by atoms with Gasteiger partial charge in [0.2, 0.25) is 0 Å². The molecule has 0 radical (unpaired) electrons. The first-order chi connectivity index (χ1) is 16.2. The molecule has 0 aliphatic heterocycles. The highest BCUT2D eigenvalue weighted by Gasteiger charge is 2.19. The standard InChI is InChI=1S/C18H19N7O3S2.CH2O2/c1-27-5-6-28-4-3-25-10-13(15(24-25)18-19-2-7-29-18)22-16(26)14-11-30-17(23-14)12-8-20-21-9-12;2-1-3/h2,7-11H,3-6H2,1H3,(H,20,21)(H,22,26);1H,(H,2,3). The van der Waals surface area contributed by atoms with E-state index in [4.69, 9.17) is 19.4 Å². The number of nitrogens with zero attached hydrogens (tertiary/aromatic N) is 5. The second-order valence-electron chi connectivity index (χ2n) is 6.18. The number of hydrogen-bond donors (Lipinski definition) is 3. The number of aromatic amines is 1. The number of rotatable bonds is 10. The van der Waals surface area contributed by atoms with E-state index in [1.54, 1.807) is 42.0 Å². The summed E-state index contributed by atoms with van der Waals surface area (Å²) in [5.41, 5.74) is 2.35. The molecule has 14 heteroatoms. The molecule has 0 aliphatic rings. The summed E-state index contributed by atoms with van der Waals surface area (Å²) in [4.78, 5) is 29.9. The molecule has 174 valence electrons. The largest absolute Gasteiger partial charge is 0.483 e. The zero-order valence-corrected chi connectivity index (χ0v) is 19.1. The lowest BCUT2D eigenvalue weighted by molar-refractivity contribution is -0.122. The Balaban J connectivity index is 0.000000968. The topological polar surface area (TPSA) is 157 Å². The predicted octanol–water partition coefficient (Wildman–Crippen LogP) is 2.47. The van der Waals surface area contributed by atoms with Gasteiger partial charge in [-0.1, -0.05) is 0 Å². The van der Waals surface area contributed by atoms with Crippen LogP contribution in [-0.4, -0.2) is 74.4 Å². The lowest BCUT2D eigenvalue weighted by Crippen LogP contribution is -2.12. The Labute approximate surface area is 196 Å². The summed E-state index contributed by atoms with van der Waals surface area (Å²) >= 11 is 2.83. The maximum absolute atomic E-state index is 12.8. The van der Waals surface area contributed by atoms with Crippen LogP contribution in [0.1, 0.15) is 10.5 Å². The number of H-pyrrole nitrogens is 1. The van der Waals surface area contributed by atoms with Crippen LogP contribution in [0.4, 0.5) is 5.69 Å². The Morgan fingerprint density at radius 2 is 2.15 bits per heavy atom. The van der Waals surface area contributed by atoms with Gasteiger partial charge in [0.1, 0.15) is 21.4 Å². The summed E-state index contributed by atoms with van der Waals surface area (Å²) < 4.78 is 12.2. The molecule has 33 heavy (non-hydrogen) atoms. The maximum atomic E-state index is 12.8. The molecule has 4 rings (SSSR count). The first kappa shape index (κ1) is 24.2. The van der Waals surface area contributed by atoms with Crippen molar-refractivity contribution in [2.45, 2.75) is 6.54 Å². The summed E-state index contributed by atoms with van der Waals surface area (Å²) in [6, 6.07) is 0. The van der Waals surface area contributed by atoms with Crippen LogP contribution in [0.2, 0.25) is 0 Å². The van der Waals surface area contributed by atoms with Crippen molar-refractivity contribution in [1.82, 2.24) is 29.9 Å². The molecule has 0 atom stereocenters. The summed E-state index contributed by atoms with van der Waals surface area (Å²) in [7, 11) is 1.63. The van der Waals surface area contributed by atoms with E-state index in [9.17, 15) is 4.79 Å². The van der Waals surface area contributed by atoms with Crippen LogP contribution >= 0.6 is 22.7 Å². The number of thiazole rings is 2. The van der Waals surface area contributed by atoms with E-state index in [0.29, 0.717) is 43.4 Å². The third-order valence-corrected chi connectivity index (χ3v) is 5.69. The summed E-state index contributed by atoms with van der Waals surface area (Å²) in [5, 5.41) is 26.1. The molecule has 0 spiro atoms. The second kappa shape index (κ2) is 12.5. The van der Waals surface area contributed by atoms with Crippen molar-refractivity contribution >= 4 is 40.7 Å². The number of amides is 1. The first-order valence-electron chi connectivity index (χ1n) is 9.54. The number of anilines is 1. The van der Waals surface area contributed by atoms with Gasteiger partial charge in [-0.05, 0) is 0 Å². The Morgan fingerprint density at radius 3 is 2.85 bits per heavy atom. The average molecular weight is 492 g/mol. The molecule has 4 heterocycles. The Morgan fingerprint density at radius 1 is 1.30 bits per heavy atom. The molecule has 0 saturated carbocycles. The fourth-order valence-corrected chi connectivity index (χ4v) is 4.01. The van der Waals surface area contributed by atoms with E-state index in [1.807, 2.05) is 5.38 Å². The average Bonchev–Trinajstić information content (AvgIpc) is 3.61. The van der Waals surface area contributed by atoms with Gasteiger partial charge in [0.25, 0.3) is 12.4 Å². The van der Waals surface area contributed by atoms with Gasteiger partial charge < -0.3 is 19.9 Å². The van der Waals surface area contributed by atoms with Gasteiger partial charge in [0.05, 0.1) is 38.2 Å². The van der Waals surface area contributed by atoms with Crippen LogP contribution in [0.25, 0.3) is 21.3 Å². The number of carboxylic acid groups (broad SMARTS) is 1. The van der Waals surface area contributed by atoms with Crippen molar-refractivity contribution in [3.05, 3.63) is 41.2 Å². The Kier molecular flexibility index (Phi) is 9.19. The zero-order chi connectivity index (χ0) is 23.5. The van der Waals surface area contributed by atoms with Crippen molar-refractivity contribution in [2.75, 3.05) is 32.2 Å². The molecule has 1 amide bonds.